The summed E-state index contributed by atoms with van der Waals surface area (Å²) in [5.41, 5.74) is 8.91. The fraction of sp³-hybridized carbons (Fsp3) is 0.471. The largest absolute Gasteiger partial charge is 0.327 e. The molecule has 1 aromatic carbocycles. The van der Waals surface area contributed by atoms with Gasteiger partial charge in [0.25, 0.3) is 0 Å². The van der Waals surface area contributed by atoms with Crippen molar-refractivity contribution in [1.82, 2.24) is 9.55 Å². The highest BCUT2D eigenvalue weighted by Gasteiger charge is 2.26. The fourth-order valence-corrected chi connectivity index (χ4v) is 2.59. The van der Waals surface area contributed by atoms with Gasteiger partial charge in [-0.2, -0.15) is 0 Å². The van der Waals surface area contributed by atoms with Crippen molar-refractivity contribution in [2.24, 2.45) is 5.73 Å². The molecule has 1 heterocycles. The molecule has 3 nitrogen and oxygen atoms in total. The normalized spacial score (nSPS) is 13.4. The highest BCUT2D eigenvalue weighted by molar-refractivity contribution is 5.19. The minimum absolute atomic E-state index is 0.0164. The summed E-state index contributed by atoms with van der Waals surface area (Å²) in [4.78, 5) is 4.33. The summed E-state index contributed by atoms with van der Waals surface area (Å²) in [7, 11) is 0. The van der Waals surface area contributed by atoms with Gasteiger partial charge in [-0.1, -0.05) is 44.2 Å². The molecule has 20 heavy (non-hydrogen) atoms. The number of nitrogens with zero attached hydrogens (tertiary/aromatic N) is 2. The maximum atomic E-state index is 6.42. The van der Waals surface area contributed by atoms with E-state index >= 15 is 0 Å². The van der Waals surface area contributed by atoms with Crippen molar-refractivity contribution in [1.29, 1.82) is 0 Å². The Labute approximate surface area is 121 Å². The lowest BCUT2D eigenvalue weighted by Gasteiger charge is -2.32. The second-order valence-corrected chi connectivity index (χ2v) is 5.69. The van der Waals surface area contributed by atoms with Crippen LogP contribution in [-0.2, 0) is 12.0 Å². The Balaban J connectivity index is 2.23. The zero-order valence-corrected chi connectivity index (χ0v) is 12.7. The van der Waals surface area contributed by atoms with Crippen LogP contribution < -0.4 is 5.73 Å². The zero-order valence-electron chi connectivity index (χ0n) is 12.7. The van der Waals surface area contributed by atoms with Crippen LogP contribution in [0.15, 0.2) is 42.9 Å². The molecule has 0 spiro atoms. The maximum absolute atomic E-state index is 6.42. The third kappa shape index (κ3) is 2.93. The molecule has 0 aliphatic rings. The van der Waals surface area contributed by atoms with Gasteiger partial charge in [-0.05, 0) is 31.7 Å². The molecular weight excluding hydrogens is 246 g/mol. The molecule has 1 aromatic heterocycles. The van der Waals surface area contributed by atoms with Gasteiger partial charge < -0.3 is 10.3 Å². The van der Waals surface area contributed by atoms with Crippen molar-refractivity contribution in [3.63, 3.8) is 0 Å². The van der Waals surface area contributed by atoms with Gasteiger partial charge in [0, 0.05) is 11.7 Å². The maximum Gasteiger partial charge on any atom is 0.0953 e. The van der Waals surface area contributed by atoms with Crippen LogP contribution in [-0.4, -0.2) is 9.55 Å². The van der Waals surface area contributed by atoms with E-state index < -0.39 is 0 Å². The Kier molecular flexibility index (Phi) is 4.61. The molecule has 0 saturated heterocycles. The van der Waals surface area contributed by atoms with Crippen molar-refractivity contribution in [3.8, 4) is 0 Å². The van der Waals surface area contributed by atoms with E-state index in [1.165, 1.54) is 5.56 Å². The van der Waals surface area contributed by atoms with Crippen LogP contribution in [0.3, 0.4) is 0 Å². The molecule has 0 fully saturated rings. The number of hydrogen-bond donors (Lipinski definition) is 1. The quantitative estimate of drug-likeness (QED) is 0.871. The molecule has 2 aromatic rings. The zero-order chi connectivity index (χ0) is 14.6. The minimum atomic E-state index is -0.0164. The highest BCUT2D eigenvalue weighted by Crippen LogP contribution is 2.28. The third-order valence-electron chi connectivity index (χ3n) is 4.45. The molecule has 2 N–H and O–H groups in total. The smallest absolute Gasteiger partial charge is 0.0953 e. The summed E-state index contributed by atoms with van der Waals surface area (Å²) < 4.78 is 2.26. The monoisotopic (exact) mass is 271 g/mol. The lowest BCUT2D eigenvalue weighted by molar-refractivity contribution is 0.281. The first kappa shape index (κ1) is 14.8. The average Bonchev–Trinajstić information content (AvgIpc) is 2.97. The van der Waals surface area contributed by atoms with Crippen LogP contribution in [0.2, 0.25) is 0 Å². The van der Waals surface area contributed by atoms with Gasteiger partial charge in [-0.25, -0.2) is 4.98 Å². The van der Waals surface area contributed by atoms with E-state index in [1.54, 1.807) is 0 Å². The lowest BCUT2D eigenvalue weighted by Crippen LogP contribution is -2.32. The van der Waals surface area contributed by atoms with Crippen molar-refractivity contribution in [2.75, 3.05) is 0 Å². The summed E-state index contributed by atoms with van der Waals surface area (Å²) >= 11 is 0. The molecule has 0 bridgehead atoms. The van der Waals surface area contributed by atoms with Crippen molar-refractivity contribution in [2.45, 2.75) is 51.6 Å². The van der Waals surface area contributed by atoms with Crippen LogP contribution >= 0.6 is 0 Å². The molecule has 0 radical (unpaired) electrons. The van der Waals surface area contributed by atoms with Crippen molar-refractivity contribution in [3.05, 3.63) is 54.1 Å². The Morgan fingerprint density at radius 2 is 1.85 bits per heavy atom. The second-order valence-electron chi connectivity index (χ2n) is 5.69. The number of imidazole rings is 1. The molecular formula is C17H25N3. The average molecular weight is 271 g/mol. The van der Waals surface area contributed by atoms with Gasteiger partial charge in [-0.15, -0.1) is 0 Å². The van der Waals surface area contributed by atoms with E-state index in [9.17, 15) is 0 Å². The second kappa shape index (κ2) is 6.23. The Morgan fingerprint density at radius 1 is 1.20 bits per heavy atom. The minimum Gasteiger partial charge on any atom is -0.327 e. The molecule has 1 atom stereocenters. The summed E-state index contributed by atoms with van der Waals surface area (Å²) in [6.45, 7) is 6.71. The van der Waals surface area contributed by atoms with Gasteiger partial charge in [0.2, 0.25) is 0 Å². The number of nitrogens with two attached hydrogens (primary N) is 1. The summed E-state index contributed by atoms with van der Waals surface area (Å²) in [6, 6.07) is 10.4. The molecule has 0 aliphatic carbocycles. The Bertz CT molecular complexity index is 526. The van der Waals surface area contributed by atoms with Crippen LogP contribution in [0.5, 0.6) is 0 Å². The first-order valence-electron chi connectivity index (χ1n) is 7.43. The predicted octanol–water partition coefficient (Wildman–Crippen LogP) is 3.66. The molecule has 0 unspecified atom stereocenters. The number of rotatable bonds is 6. The molecule has 3 heteroatoms. The molecule has 0 aliphatic heterocycles. The summed E-state index contributed by atoms with van der Waals surface area (Å²) in [6.07, 6.45) is 6.83. The molecule has 2 rings (SSSR count). The first-order chi connectivity index (χ1) is 9.60. The van der Waals surface area contributed by atoms with E-state index in [4.69, 9.17) is 5.73 Å². The van der Waals surface area contributed by atoms with Crippen LogP contribution in [0.1, 0.15) is 50.9 Å². The molecule has 0 saturated carbocycles. The highest BCUT2D eigenvalue weighted by atomic mass is 15.1. The summed E-state index contributed by atoms with van der Waals surface area (Å²) in [5, 5.41) is 0. The molecule has 108 valence electrons. The van der Waals surface area contributed by atoms with Gasteiger partial charge in [-0.3, -0.25) is 0 Å². The third-order valence-corrected chi connectivity index (χ3v) is 4.45. The van der Waals surface area contributed by atoms with Gasteiger partial charge in [0.05, 0.1) is 18.1 Å². The number of benzene rings is 1. The topological polar surface area (TPSA) is 43.8 Å². The standard InChI is InChI=1S/C17H25N3/c1-4-17(3,5-2)20-13-19-12-16(20)15(18)11-14-9-7-6-8-10-14/h6-10,12-13,15H,4-5,11,18H2,1-3H3/t15-/m1/s1. The van der Waals surface area contributed by atoms with Crippen molar-refractivity contribution < 1.29 is 0 Å². The van der Waals surface area contributed by atoms with Gasteiger partial charge in [0.1, 0.15) is 0 Å². The fourth-order valence-electron chi connectivity index (χ4n) is 2.59. The number of hydrogen-bond acceptors (Lipinski definition) is 2. The van der Waals surface area contributed by atoms with Crippen LogP contribution in [0.4, 0.5) is 0 Å². The summed E-state index contributed by atoms with van der Waals surface area (Å²) in [5.74, 6) is 0. The lowest BCUT2D eigenvalue weighted by atomic mass is 9.94. The van der Waals surface area contributed by atoms with Gasteiger partial charge >= 0.3 is 0 Å². The van der Waals surface area contributed by atoms with E-state index in [0.29, 0.717) is 0 Å². The Morgan fingerprint density at radius 3 is 2.45 bits per heavy atom. The Hall–Kier alpha value is -1.61. The number of aromatic nitrogens is 2. The van der Waals surface area contributed by atoms with Crippen molar-refractivity contribution >= 4 is 0 Å². The van der Waals surface area contributed by atoms with Gasteiger partial charge in [0.15, 0.2) is 0 Å². The predicted molar refractivity (Wildman–Crippen MR) is 83.5 cm³/mol. The van der Waals surface area contributed by atoms with E-state index in [0.717, 1.165) is 25.0 Å². The molecule has 0 amide bonds. The van der Waals surface area contributed by atoms with E-state index in [1.807, 2.05) is 18.6 Å². The van der Waals surface area contributed by atoms with E-state index in [2.05, 4.69) is 54.6 Å². The van der Waals surface area contributed by atoms with E-state index in [-0.39, 0.29) is 11.6 Å². The first-order valence-corrected chi connectivity index (χ1v) is 7.43. The van der Waals surface area contributed by atoms with Crippen LogP contribution in [0.25, 0.3) is 0 Å². The van der Waals surface area contributed by atoms with Crippen LogP contribution in [0, 0.1) is 0 Å². The SMILES string of the molecule is CCC(C)(CC)n1cncc1[C@H](N)Cc1ccccc1.